The number of hydrogen-bond acceptors (Lipinski definition) is 4. The maximum absolute atomic E-state index is 12.9. The van der Waals surface area contributed by atoms with Gasteiger partial charge in [-0.3, -0.25) is 9.69 Å². The minimum Gasteiger partial charge on any atom is -0.497 e. The second-order valence-corrected chi connectivity index (χ2v) is 7.43. The highest BCUT2D eigenvalue weighted by Crippen LogP contribution is 2.24. The fourth-order valence-corrected chi connectivity index (χ4v) is 3.48. The summed E-state index contributed by atoms with van der Waals surface area (Å²) in [7, 11) is 3.59. The third kappa shape index (κ3) is 6.59. The van der Waals surface area contributed by atoms with Crippen LogP contribution in [0.2, 0.25) is 0 Å². The molecule has 0 unspecified atom stereocenters. The van der Waals surface area contributed by atoms with E-state index in [4.69, 9.17) is 9.47 Å². The summed E-state index contributed by atoms with van der Waals surface area (Å²) in [5.74, 6) is 1.62. The molecule has 31 heavy (non-hydrogen) atoms. The molecule has 0 fully saturated rings. The van der Waals surface area contributed by atoms with Crippen molar-refractivity contribution in [1.29, 1.82) is 0 Å². The average Bonchev–Trinajstić information content (AvgIpc) is 2.79. The Kier molecular flexibility index (Phi) is 8.07. The number of likely N-dealkylation sites (N-methyl/N-ethyl adjacent to an activating group) is 1. The van der Waals surface area contributed by atoms with E-state index in [0.717, 1.165) is 28.2 Å². The number of benzene rings is 3. The third-order valence-corrected chi connectivity index (χ3v) is 4.99. The molecule has 0 heterocycles. The topological polar surface area (TPSA) is 50.8 Å². The van der Waals surface area contributed by atoms with Gasteiger partial charge in [-0.15, -0.1) is 0 Å². The fraction of sp³-hybridized carbons (Fsp3) is 0.269. The van der Waals surface area contributed by atoms with E-state index in [2.05, 4.69) is 5.32 Å². The third-order valence-electron chi connectivity index (χ3n) is 4.99. The molecule has 0 aliphatic heterocycles. The Labute approximate surface area is 184 Å². The fourth-order valence-electron chi connectivity index (χ4n) is 3.48. The molecule has 0 aliphatic rings. The number of methoxy groups -OCH3 is 1. The van der Waals surface area contributed by atoms with Crippen molar-refractivity contribution < 1.29 is 14.3 Å². The van der Waals surface area contributed by atoms with Crippen molar-refractivity contribution in [3.05, 3.63) is 95.6 Å². The van der Waals surface area contributed by atoms with Crippen LogP contribution in [0.3, 0.4) is 0 Å². The van der Waals surface area contributed by atoms with E-state index in [1.807, 2.05) is 97.7 Å². The van der Waals surface area contributed by atoms with Gasteiger partial charge in [0, 0.05) is 6.54 Å². The normalized spacial score (nSPS) is 11.7. The van der Waals surface area contributed by atoms with E-state index in [-0.39, 0.29) is 11.9 Å². The summed E-state index contributed by atoms with van der Waals surface area (Å²) >= 11 is 0. The molecule has 0 saturated carbocycles. The number of amides is 1. The maximum atomic E-state index is 12.9. The lowest BCUT2D eigenvalue weighted by molar-refractivity contribution is -0.122. The van der Waals surface area contributed by atoms with E-state index in [1.54, 1.807) is 7.11 Å². The van der Waals surface area contributed by atoms with E-state index in [9.17, 15) is 4.79 Å². The monoisotopic (exact) mass is 418 g/mol. The highest BCUT2D eigenvalue weighted by Gasteiger charge is 2.18. The quantitative estimate of drug-likeness (QED) is 0.529. The SMILES string of the molecule is CCOc1ccc(CN(C)CC(=O)N[C@H](c2ccccc2)c2ccc(OC)cc2)cc1. The largest absolute Gasteiger partial charge is 0.497 e. The molecule has 162 valence electrons. The van der Waals surface area contributed by atoms with Crippen LogP contribution in [0.25, 0.3) is 0 Å². The minimum atomic E-state index is -0.224. The van der Waals surface area contributed by atoms with E-state index < -0.39 is 0 Å². The molecule has 0 aliphatic carbocycles. The lowest BCUT2D eigenvalue weighted by Gasteiger charge is -2.22. The Morgan fingerprint density at radius 3 is 2.13 bits per heavy atom. The summed E-state index contributed by atoms with van der Waals surface area (Å²) in [4.78, 5) is 14.9. The molecule has 3 aromatic carbocycles. The lowest BCUT2D eigenvalue weighted by atomic mass is 9.98. The Morgan fingerprint density at radius 2 is 1.52 bits per heavy atom. The average molecular weight is 419 g/mol. The zero-order valence-electron chi connectivity index (χ0n) is 18.4. The van der Waals surface area contributed by atoms with Crippen LogP contribution in [-0.4, -0.2) is 38.1 Å². The van der Waals surface area contributed by atoms with Gasteiger partial charge in [-0.2, -0.15) is 0 Å². The highest BCUT2D eigenvalue weighted by molar-refractivity contribution is 5.79. The van der Waals surface area contributed by atoms with Crippen molar-refractivity contribution in [1.82, 2.24) is 10.2 Å². The van der Waals surface area contributed by atoms with Gasteiger partial charge < -0.3 is 14.8 Å². The van der Waals surface area contributed by atoms with Gasteiger partial charge in [0.1, 0.15) is 11.5 Å². The second-order valence-electron chi connectivity index (χ2n) is 7.43. The van der Waals surface area contributed by atoms with Gasteiger partial charge in [-0.25, -0.2) is 0 Å². The summed E-state index contributed by atoms with van der Waals surface area (Å²) in [6.45, 7) is 3.59. The molecule has 0 bridgehead atoms. The molecule has 1 amide bonds. The van der Waals surface area contributed by atoms with Crippen molar-refractivity contribution in [2.45, 2.75) is 19.5 Å². The number of ether oxygens (including phenoxy) is 2. The second kappa shape index (κ2) is 11.2. The van der Waals surface area contributed by atoms with Crippen molar-refractivity contribution >= 4 is 5.91 Å². The zero-order valence-corrected chi connectivity index (χ0v) is 18.4. The van der Waals surface area contributed by atoms with Gasteiger partial charge in [0.05, 0.1) is 26.3 Å². The van der Waals surface area contributed by atoms with Crippen LogP contribution in [0.15, 0.2) is 78.9 Å². The zero-order chi connectivity index (χ0) is 22.1. The molecule has 0 spiro atoms. The molecule has 0 radical (unpaired) electrons. The van der Waals surface area contributed by atoms with E-state index >= 15 is 0 Å². The first-order valence-electron chi connectivity index (χ1n) is 10.5. The molecule has 0 aromatic heterocycles. The Balaban J connectivity index is 1.65. The van der Waals surface area contributed by atoms with Crippen LogP contribution >= 0.6 is 0 Å². The number of rotatable bonds is 10. The van der Waals surface area contributed by atoms with Gasteiger partial charge in [0.2, 0.25) is 5.91 Å². The number of carbonyl (C=O) groups is 1. The summed E-state index contributed by atoms with van der Waals surface area (Å²) in [6.07, 6.45) is 0. The van der Waals surface area contributed by atoms with Gasteiger partial charge in [-0.1, -0.05) is 54.6 Å². The first-order chi connectivity index (χ1) is 15.1. The standard InChI is InChI=1S/C26H30N2O3/c1-4-31-24-14-10-20(11-15-24)18-28(2)19-25(29)27-26(21-8-6-5-7-9-21)22-12-16-23(30-3)17-13-22/h5-17,26H,4,18-19H2,1-3H3,(H,27,29)/t26-/m1/s1. The molecule has 0 saturated heterocycles. The molecular formula is C26H30N2O3. The summed E-state index contributed by atoms with van der Waals surface area (Å²) in [5.41, 5.74) is 3.18. The predicted octanol–water partition coefficient (Wildman–Crippen LogP) is 4.43. The van der Waals surface area contributed by atoms with Crippen molar-refractivity contribution in [2.75, 3.05) is 27.3 Å². The first-order valence-corrected chi connectivity index (χ1v) is 10.5. The maximum Gasteiger partial charge on any atom is 0.234 e. The molecular weight excluding hydrogens is 388 g/mol. The van der Waals surface area contributed by atoms with Gasteiger partial charge in [0.15, 0.2) is 0 Å². The van der Waals surface area contributed by atoms with Crippen LogP contribution in [0, 0.1) is 0 Å². The Morgan fingerprint density at radius 1 is 0.903 bits per heavy atom. The Hall–Kier alpha value is -3.31. The van der Waals surface area contributed by atoms with Gasteiger partial charge in [-0.05, 0) is 54.9 Å². The number of nitrogens with zero attached hydrogens (tertiary/aromatic N) is 1. The number of carbonyl (C=O) groups excluding carboxylic acids is 1. The summed E-state index contributed by atoms with van der Waals surface area (Å²) in [6, 6.07) is 25.5. The highest BCUT2D eigenvalue weighted by atomic mass is 16.5. The molecule has 1 atom stereocenters. The minimum absolute atomic E-state index is 0.0295. The molecule has 5 heteroatoms. The van der Waals surface area contributed by atoms with Crippen LogP contribution in [0.1, 0.15) is 29.7 Å². The Bertz CT molecular complexity index is 941. The smallest absolute Gasteiger partial charge is 0.234 e. The van der Waals surface area contributed by atoms with Crippen LogP contribution in [0.5, 0.6) is 11.5 Å². The lowest BCUT2D eigenvalue weighted by Crippen LogP contribution is -2.37. The number of nitrogens with one attached hydrogen (secondary N) is 1. The van der Waals surface area contributed by atoms with Crippen molar-refractivity contribution in [3.63, 3.8) is 0 Å². The summed E-state index contributed by atoms with van der Waals surface area (Å²) < 4.78 is 10.8. The van der Waals surface area contributed by atoms with E-state index in [0.29, 0.717) is 19.7 Å². The molecule has 3 rings (SSSR count). The molecule has 1 N–H and O–H groups in total. The van der Waals surface area contributed by atoms with Crippen molar-refractivity contribution in [3.8, 4) is 11.5 Å². The van der Waals surface area contributed by atoms with Gasteiger partial charge in [0.25, 0.3) is 0 Å². The predicted molar refractivity (Wildman–Crippen MR) is 123 cm³/mol. The first kappa shape index (κ1) is 22.4. The van der Waals surface area contributed by atoms with Crippen LogP contribution in [0.4, 0.5) is 0 Å². The molecule has 3 aromatic rings. The van der Waals surface area contributed by atoms with Crippen LogP contribution in [-0.2, 0) is 11.3 Å². The number of hydrogen-bond donors (Lipinski definition) is 1. The molecule has 5 nitrogen and oxygen atoms in total. The van der Waals surface area contributed by atoms with Crippen LogP contribution < -0.4 is 14.8 Å². The van der Waals surface area contributed by atoms with E-state index in [1.165, 1.54) is 0 Å². The summed E-state index contributed by atoms with van der Waals surface area (Å²) in [5, 5.41) is 3.19. The van der Waals surface area contributed by atoms with Gasteiger partial charge >= 0.3 is 0 Å². The van der Waals surface area contributed by atoms with Crippen molar-refractivity contribution in [2.24, 2.45) is 0 Å².